The number of nitrogens with zero attached hydrogens (tertiary/aromatic N) is 2. The van der Waals surface area contributed by atoms with E-state index in [4.69, 9.17) is 14.5 Å². The number of benzene rings is 2. The lowest BCUT2D eigenvalue weighted by Crippen LogP contribution is -2.34. The average molecular weight is 459 g/mol. The second-order valence-corrected chi connectivity index (χ2v) is 9.09. The molecule has 1 fully saturated rings. The van der Waals surface area contributed by atoms with E-state index in [0.29, 0.717) is 18.4 Å². The van der Waals surface area contributed by atoms with Crippen LogP contribution in [0.15, 0.2) is 60.8 Å². The Labute approximate surface area is 200 Å². The quantitative estimate of drug-likeness (QED) is 0.514. The van der Waals surface area contributed by atoms with Gasteiger partial charge in [0.15, 0.2) is 6.10 Å². The number of ether oxygens (including phenoxy) is 2. The Balaban J connectivity index is 1.43. The molecule has 6 heteroatoms. The van der Waals surface area contributed by atoms with Gasteiger partial charge in [-0.15, -0.1) is 0 Å². The van der Waals surface area contributed by atoms with Crippen molar-refractivity contribution in [3.8, 4) is 23.0 Å². The minimum absolute atomic E-state index is 0.179. The third kappa shape index (κ3) is 4.46. The number of rotatable bonds is 6. The van der Waals surface area contributed by atoms with E-state index in [-0.39, 0.29) is 11.5 Å². The summed E-state index contributed by atoms with van der Waals surface area (Å²) in [6, 6.07) is 16.5. The van der Waals surface area contributed by atoms with Crippen LogP contribution in [0.2, 0.25) is 0 Å². The third-order valence-electron chi connectivity index (χ3n) is 6.72. The molecule has 1 saturated heterocycles. The predicted octanol–water partition coefficient (Wildman–Crippen LogP) is 5.42. The molecule has 2 aromatic carbocycles. The fraction of sp³-hybridized carbons (Fsp3) is 0.321. The predicted molar refractivity (Wildman–Crippen MR) is 132 cm³/mol. The van der Waals surface area contributed by atoms with E-state index in [1.807, 2.05) is 31.2 Å². The number of pyridine rings is 1. The van der Waals surface area contributed by atoms with Crippen LogP contribution < -0.4 is 9.47 Å². The zero-order valence-corrected chi connectivity index (χ0v) is 19.6. The minimum atomic E-state index is -0.462. The average Bonchev–Trinajstić information content (AvgIpc) is 3.38. The van der Waals surface area contributed by atoms with Gasteiger partial charge in [0.1, 0.15) is 29.6 Å². The summed E-state index contributed by atoms with van der Waals surface area (Å²) in [6.45, 7) is 7.12. The molecule has 0 radical (unpaired) electrons. The summed E-state index contributed by atoms with van der Waals surface area (Å²) in [7, 11) is 0. The van der Waals surface area contributed by atoms with Crippen molar-refractivity contribution in [2.75, 3.05) is 19.7 Å². The van der Waals surface area contributed by atoms with Gasteiger partial charge in [-0.1, -0.05) is 12.1 Å². The van der Waals surface area contributed by atoms with Gasteiger partial charge in [-0.3, -0.25) is 9.88 Å². The van der Waals surface area contributed by atoms with E-state index in [1.54, 1.807) is 36.5 Å². The van der Waals surface area contributed by atoms with Crippen molar-refractivity contribution >= 4 is 11.1 Å². The number of likely N-dealkylation sites (tertiary alicyclic amines) is 1. The molecule has 1 aromatic heterocycles. The molecule has 3 heterocycles. The maximum atomic E-state index is 10.1. The van der Waals surface area contributed by atoms with Gasteiger partial charge in [-0.2, -0.15) is 0 Å². The Morgan fingerprint density at radius 2 is 1.85 bits per heavy atom. The standard InChI is InChI=1S/C28H30N2O4/c1-18(30-12-3-4-13-30)17-33-23-9-10-25(29-16-23)28-27(20-6-5-7-21(31)14-20)19(2)24-15-22(32)8-11-26(24)34-28/h5-11,14-16,18,28,31-32H,3-4,12-13,17H2,1-2H3/t18-,28?/m0/s1. The molecule has 2 N–H and O–H groups in total. The molecule has 1 unspecified atom stereocenters. The van der Waals surface area contributed by atoms with Crippen LogP contribution in [0.5, 0.6) is 23.0 Å². The van der Waals surface area contributed by atoms with E-state index < -0.39 is 6.10 Å². The van der Waals surface area contributed by atoms with Crippen molar-refractivity contribution in [1.82, 2.24) is 9.88 Å². The van der Waals surface area contributed by atoms with Crippen molar-refractivity contribution in [3.63, 3.8) is 0 Å². The molecule has 3 aromatic rings. The van der Waals surface area contributed by atoms with E-state index in [2.05, 4.69) is 11.8 Å². The summed E-state index contributed by atoms with van der Waals surface area (Å²) < 4.78 is 12.4. The lowest BCUT2D eigenvalue weighted by molar-refractivity contribution is 0.172. The van der Waals surface area contributed by atoms with Crippen molar-refractivity contribution in [2.24, 2.45) is 0 Å². The van der Waals surface area contributed by atoms with Gasteiger partial charge in [0.2, 0.25) is 0 Å². The highest BCUT2D eigenvalue weighted by molar-refractivity contribution is 5.95. The number of aromatic hydroxyl groups is 2. The SMILES string of the molecule is CC1=C(c2cccc(O)c2)C(c2ccc(OC[C@H](C)N3CCCC3)cn2)Oc2ccc(O)cc21. The van der Waals surface area contributed by atoms with Crippen molar-refractivity contribution in [1.29, 1.82) is 0 Å². The Hall–Kier alpha value is -3.51. The van der Waals surface area contributed by atoms with E-state index in [0.717, 1.165) is 46.8 Å². The number of fused-ring (bicyclic) bond motifs is 1. The summed E-state index contributed by atoms with van der Waals surface area (Å²) in [5.74, 6) is 1.78. The monoisotopic (exact) mass is 458 g/mol. The zero-order chi connectivity index (χ0) is 23.7. The molecule has 2 aliphatic heterocycles. The van der Waals surface area contributed by atoms with Crippen molar-refractivity contribution in [3.05, 3.63) is 77.6 Å². The second kappa shape index (κ2) is 9.39. The largest absolute Gasteiger partial charge is 0.508 e. The summed E-state index contributed by atoms with van der Waals surface area (Å²) in [6.07, 6.45) is 3.81. The fourth-order valence-corrected chi connectivity index (χ4v) is 4.83. The minimum Gasteiger partial charge on any atom is -0.508 e. The van der Waals surface area contributed by atoms with Crippen LogP contribution in [0.25, 0.3) is 11.1 Å². The normalized spacial score (nSPS) is 18.9. The smallest absolute Gasteiger partial charge is 0.166 e. The van der Waals surface area contributed by atoms with Gasteiger partial charge >= 0.3 is 0 Å². The molecule has 2 aliphatic rings. The van der Waals surface area contributed by atoms with Gasteiger partial charge in [0, 0.05) is 17.2 Å². The van der Waals surface area contributed by atoms with Crippen molar-refractivity contribution in [2.45, 2.75) is 38.8 Å². The maximum absolute atomic E-state index is 10.1. The number of phenols is 2. The Morgan fingerprint density at radius 3 is 2.59 bits per heavy atom. The van der Waals surface area contributed by atoms with Crippen LogP contribution >= 0.6 is 0 Å². The van der Waals surface area contributed by atoms with Gasteiger partial charge in [0.25, 0.3) is 0 Å². The summed E-state index contributed by atoms with van der Waals surface area (Å²) in [4.78, 5) is 7.15. The first-order valence-corrected chi connectivity index (χ1v) is 11.8. The molecule has 2 atom stereocenters. The highest BCUT2D eigenvalue weighted by Gasteiger charge is 2.30. The molecule has 0 spiro atoms. The molecular formula is C28H30N2O4. The van der Waals surface area contributed by atoms with Crippen LogP contribution in [-0.4, -0.2) is 45.8 Å². The molecule has 6 nitrogen and oxygen atoms in total. The lowest BCUT2D eigenvalue weighted by Gasteiger charge is -2.30. The number of phenolic OH excluding ortho intramolecular Hbond substituents is 2. The van der Waals surface area contributed by atoms with E-state index >= 15 is 0 Å². The van der Waals surface area contributed by atoms with Crippen LogP contribution in [0, 0.1) is 0 Å². The second-order valence-electron chi connectivity index (χ2n) is 9.09. The number of aromatic nitrogens is 1. The van der Waals surface area contributed by atoms with Gasteiger partial charge in [-0.05, 0) is 93.4 Å². The summed E-state index contributed by atoms with van der Waals surface area (Å²) in [5.41, 5.74) is 4.28. The number of hydrogen-bond acceptors (Lipinski definition) is 6. The zero-order valence-electron chi connectivity index (χ0n) is 19.6. The van der Waals surface area contributed by atoms with Crippen LogP contribution in [0.1, 0.15) is 49.6 Å². The Bertz CT molecular complexity index is 1200. The van der Waals surface area contributed by atoms with Crippen LogP contribution in [0.4, 0.5) is 0 Å². The third-order valence-corrected chi connectivity index (χ3v) is 6.72. The van der Waals surface area contributed by atoms with Crippen molar-refractivity contribution < 1.29 is 19.7 Å². The first kappa shape index (κ1) is 22.3. The fourth-order valence-electron chi connectivity index (χ4n) is 4.83. The highest BCUT2D eigenvalue weighted by atomic mass is 16.5. The number of hydrogen-bond donors (Lipinski definition) is 2. The van der Waals surface area contributed by atoms with Gasteiger partial charge < -0.3 is 19.7 Å². The van der Waals surface area contributed by atoms with Crippen LogP contribution in [-0.2, 0) is 0 Å². The molecular weight excluding hydrogens is 428 g/mol. The summed E-state index contributed by atoms with van der Waals surface area (Å²) >= 11 is 0. The molecule has 34 heavy (non-hydrogen) atoms. The van der Waals surface area contributed by atoms with E-state index in [9.17, 15) is 10.2 Å². The molecule has 0 amide bonds. The molecule has 0 aliphatic carbocycles. The molecule has 0 bridgehead atoms. The van der Waals surface area contributed by atoms with E-state index in [1.165, 1.54) is 12.8 Å². The molecule has 0 saturated carbocycles. The molecule has 5 rings (SSSR count). The van der Waals surface area contributed by atoms with Gasteiger partial charge in [-0.25, -0.2) is 0 Å². The topological polar surface area (TPSA) is 75.1 Å². The van der Waals surface area contributed by atoms with Crippen LogP contribution in [0.3, 0.4) is 0 Å². The van der Waals surface area contributed by atoms with Gasteiger partial charge in [0.05, 0.1) is 11.9 Å². The first-order chi connectivity index (χ1) is 16.5. The number of allylic oxidation sites excluding steroid dienone is 1. The first-order valence-electron chi connectivity index (χ1n) is 11.8. The lowest BCUT2D eigenvalue weighted by atomic mass is 9.87. The Kier molecular flexibility index (Phi) is 6.16. The Morgan fingerprint density at radius 1 is 1.06 bits per heavy atom. The summed E-state index contributed by atoms with van der Waals surface area (Å²) in [5, 5.41) is 20.1. The molecule has 176 valence electrons. The highest BCUT2D eigenvalue weighted by Crippen LogP contribution is 2.47. The maximum Gasteiger partial charge on any atom is 0.166 e.